The summed E-state index contributed by atoms with van der Waals surface area (Å²) in [4.78, 5) is 7.07. The fraction of sp³-hybridized carbons (Fsp3) is 0.174. The summed E-state index contributed by atoms with van der Waals surface area (Å²) < 4.78 is 3.90. The number of aryl methyl sites for hydroxylation is 1. The molecule has 0 aliphatic rings. The average Bonchev–Trinajstić information content (AvgIpc) is 3.33. The minimum absolute atomic E-state index is 0.731. The van der Waals surface area contributed by atoms with Crippen molar-refractivity contribution >= 4 is 22.4 Å². The largest absolute Gasteiger partial charge is 0.355 e. The third kappa shape index (κ3) is 3.33. The van der Waals surface area contributed by atoms with Gasteiger partial charge in [-0.1, -0.05) is 42.5 Å². The Bertz CT molecular complexity index is 1280. The van der Waals surface area contributed by atoms with Crippen LogP contribution in [0.5, 0.6) is 0 Å². The van der Waals surface area contributed by atoms with Crippen molar-refractivity contribution in [3.63, 3.8) is 0 Å². The number of nitrogens with zero attached hydrogens (tertiary/aromatic N) is 6. The van der Waals surface area contributed by atoms with Gasteiger partial charge >= 0.3 is 0 Å². The molecule has 6 heteroatoms. The number of hydrogen-bond donors (Lipinski definition) is 0. The van der Waals surface area contributed by atoms with Crippen molar-refractivity contribution in [1.82, 2.24) is 24.4 Å². The van der Waals surface area contributed by atoms with E-state index in [1.54, 1.807) is 0 Å². The summed E-state index contributed by atoms with van der Waals surface area (Å²) in [5.74, 6) is 0.948. The van der Waals surface area contributed by atoms with Crippen molar-refractivity contribution in [1.29, 1.82) is 0 Å². The molecule has 3 heterocycles. The van der Waals surface area contributed by atoms with E-state index in [9.17, 15) is 0 Å². The van der Waals surface area contributed by atoms with Gasteiger partial charge < -0.3 is 4.90 Å². The number of fused-ring (bicyclic) bond motifs is 3. The maximum Gasteiger partial charge on any atom is 0.158 e. The van der Waals surface area contributed by atoms with E-state index in [2.05, 4.69) is 64.7 Å². The lowest BCUT2D eigenvalue weighted by atomic mass is 10.2. The predicted molar refractivity (Wildman–Crippen MR) is 115 cm³/mol. The minimum Gasteiger partial charge on any atom is -0.355 e. The van der Waals surface area contributed by atoms with E-state index in [4.69, 9.17) is 4.98 Å². The summed E-state index contributed by atoms with van der Waals surface area (Å²) in [6.07, 6.45) is 4.04. The monoisotopic (exact) mass is 382 g/mol. The molecule has 0 amide bonds. The van der Waals surface area contributed by atoms with Crippen LogP contribution in [0.25, 0.3) is 16.6 Å². The Balaban J connectivity index is 1.45. The Morgan fingerprint density at radius 3 is 2.62 bits per heavy atom. The first-order valence-corrected chi connectivity index (χ1v) is 9.69. The molecule has 0 spiro atoms. The van der Waals surface area contributed by atoms with Crippen LogP contribution in [0.4, 0.5) is 5.82 Å². The van der Waals surface area contributed by atoms with Crippen LogP contribution in [-0.4, -0.2) is 31.4 Å². The Morgan fingerprint density at radius 2 is 1.76 bits per heavy atom. The zero-order chi connectivity index (χ0) is 19.8. The van der Waals surface area contributed by atoms with E-state index >= 15 is 0 Å². The molecule has 0 bridgehead atoms. The molecule has 5 rings (SSSR count). The van der Waals surface area contributed by atoms with E-state index < -0.39 is 0 Å². The number of benzene rings is 2. The molecule has 3 aromatic heterocycles. The molecule has 0 N–H and O–H groups in total. The SMILES string of the molecule is Cc1cc2nc(N(C)Cc3cnn(Cc4ccccc4)c3)c3ccccc3n2n1. The summed E-state index contributed by atoms with van der Waals surface area (Å²) in [6.45, 7) is 3.50. The maximum absolute atomic E-state index is 4.89. The van der Waals surface area contributed by atoms with Crippen LogP contribution >= 0.6 is 0 Å². The highest BCUT2D eigenvalue weighted by molar-refractivity contribution is 5.91. The molecule has 144 valence electrons. The van der Waals surface area contributed by atoms with Crippen LogP contribution < -0.4 is 4.90 Å². The van der Waals surface area contributed by atoms with E-state index in [1.807, 2.05) is 46.6 Å². The first-order chi connectivity index (χ1) is 14.2. The van der Waals surface area contributed by atoms with Gasteiger partial charge in [0.2, 0.25) is 0 Å². The van der Waals surface area contributed by atoms with Crippen molar-refractivity contribution in [2.75, 3.05) is 11.9 Å². The van der Waals surface area contributed by atoms with Gasteiger partial charge in [-0.3, -0.25) is 4.68 Å². The van der Waals surface area contributed by atoms with E-state index in [0.717, 1.165) is 46.7 Å². The van der Waals surface area contributed by atoms with Crippen molar-refractivity contribution in [3.8, 4) is 0 Å². The smallest absolute Gasteiger partial charge is 0.158 e. The van der Waals surface area contributed by atoms with E-state index in [-0.39, 0.29) is 0 Å². The second kappa shape index (κ2) is 7.05. The molecule has 0 aliphatic carbocycles. The molecule has 2 aromatic carbocycles. The first kappa shape index (κ1) is 17.4. The molecule has 0 atom stereocenters. The molecule has 6 nitrogen and oxygen atoms in total. The molecular weight excluding hydrogens is 360 g/mol. The van der Waals surface area contributed by atoms with Crippen LogP contribution in [0.2, 0.25) is 0 Å². The van der Waals surface area contributed by atoms with Gasteiger partial charge in [-0.15, -0.1) is 0 Å². The van der Waals surface area contributed by atoms with Crippen LogP contribution in [0.15, 0.2) is 73.1 Å². The van der Waals surface area contributed by atoms with Crippen molar-refractivity contribution in [2.45, 2.75) is 20.0 Å². The quantitative estimate of drug-likeness (QED) is 0.460. The van der Waals surface area contributed by atoms with Crippen LogP contribution in [0.1, 0.15) is 16.8 Å². The molecule has 0 fully saturated rings. The summed E-state index contributed by atoms with van der Waals surface area (Å²) in [7, 11) is 2.07. The Labute approximate surface area is 169 Å². The molecule has 0 aliphatic heterocycles. The molecule has 0 saturated carbocycles. The Hall–Kier alpha value is -3.67. The summed E-state index contributed by atoms with van der Waals surface area (Å²) in [6, 6.07) is 20.7. The molecule has 29 heavy (non-hydrogen) atoms. The standard InChI is InChI=1S/C23H22N6/c1-17-12-22-25-23(20-10-6-7-11-21(20)29(22)26-17)27(2)14-19-13-24-28(16-19)15-18-8-4-3-5-9-18/h3-13,16H,14-15H2,1-2H3. The lowest BCUT2D eigenvalue weighted by Gasteiger charge is -2.19. The van der Waals surface area contributed by atoms with Gasteiger partial charge in [0.25, 0.3) is 0 Å². The fourth-order valence-electron chi connectivity index (χ4n) is 3.74. The van der Waals surface area contributed by atoms with Gasteiger partial charge in [-0.2, -0.15) is 10.2 Å². The van der Waals surface area contributed by atoms with Crippen LogP contribution in [0.3, 0.4) is 0 Å². The maximum atomic E-state index is 4.89. The van der Waals surface area contributed by atoms with Crippen LogP contribution in [0, 0.1) is 6.92 Å². The third-order valence-electron chi connectivity index (χ3n) is 5.06. The molecule has 5 aromatic rings. The highest BCUT2D eigenvalue weighted by Gasteiger charge is 2.14. The number of aromatic nitrogens is 5. The van der Waals surface area contributed by atoms with Crippen molar-refractivity contribution < 1.29 is 0 Å². The first-order valence-electron chi connectivity index (χ1n) is 9.69. The van der Waals surface area contributed by atoms with Gasteiger partial charge in [-0.25, -0.2) is 9.50 Å². The Kier molecular flexibility index (Phi) is 4.24. The van der Waals surface area contributed by atoms with Gasteiger partial charge in [0.15, 0.2) is 5.65 Å². The zero-order valence-electron chi connectivity index (χ0n) is 16.5. The normalized spacial score (nSPS) is 11.4. The minimum atomic E-state index is 0.731. The van der Waals surface area contributed by atoms with Gasteiger partial charge in [0, 0.05) is 36.8 Å². The van der Waals surface area contributed by atoms with Gasteiger partial charge in [0.1, 0.15) is 5.82 Å². The molecule has 0 radical (unpaired) electrons. The summed E-state index contributed by atoms with van der Waals surface area (Å²) in [5.41, 5.74) is 5.28. The Morgan fingerprint density at radius 1 is 0.966 bits per heavy atom. The van der Waals surface area contributed by atoms with Gasteiger partial charge in [0.05, 0.1) is 24.0 Å². The highest BCUT2D eigenvalue weighted by Crippen LogP contribution is 2.26. The summed E-state index contributed by atoms with van der Waals surface area (Å²) >= 11 is 0. The van der Waals surface area contributed by atoms with E-state index in [0.29, 0.717) is 0 Å². The lowest BCUT2D eigenvalue weighted by Crippen LogP contribution is -2.18. The molecule has 0 unspecified atom stereocenters. The third-order valence-corrected chi connectivity index (χ3v) is 5.06. The second-order valence-corrected chi connectivity index (χ2v) is 7.40. The number of anilines is 1. The van der Waals surface area contributed by atoms with Crippen molar-refractivity contribution in [2.24, 2.45) is 0 Å². The van der Waals surface area contributed by atoms with E-state index in [1.165, 1.54) is 5.56 Å². The van der Waals surface area contributed by atoms with Gasteiger partial charge in [-0.05, 0) is 24.6 Å². The zero-order valence-corrected chi connectivity index (χ0v) is 16.5. The topological polar surface area (TPSA) is 51.2 Å². The van der Waals surface area contributed by atoms with Crippen molar-refractivity contribution in [3.05, 3.63) is 89.9 Å². The molecule has 0 saturated heterocycles. The fourth-order valence-corrected chi connectivity index (χ4v) is 3.74. The second-order valence-electron chi connectivity index (χ2n) is 7.40. The average molecular weight is 382 g/mol. The lowest BCUT2D eigenvalue weighted by molar-refractivity contribution is 0.686. The number of rotatable bonds is 5. The summed E-state index contributed by atoms with van der Waals surface area (Å²) in [5, 5.41) is 10.2. The predicted octanol–water partition coefficient (Wildman–Crippen LogP) is 4.07. The molecular formula is C23H22N6. The van der Waals surface area contributed by atoms with Crippen LogP contribution in [-0.2, 0) is 13.1 Å². The highest BCUT2D eigenvalue weighted by atomic mass is 15.3. The number of hydrogen-bond acceptors (Lipinski definition) is 4. The number of para-hydroxylation sites is 1.